The molecule has 0 saturated heterocycles. The molecule has 3 nitrogen and oxygen atoms in total. The molecule has 0 aliphatic heterocycles. The van der Waals surface area contributed by atoms with Gasteiger partial charge >= 0.3 is 0 Å². The first kappa shape index (κ1) is 21.3. The summed E-state index contributed by atoms with van der Waals surface area (Å²) in [6, 6.07) is 9.34. The Kier molecular flexibility index (Phi) is 6.27. The van der Waals surface area contributed by atoms with E-state index >= 15 is 0 Å². The third kappa shape index (κ3) is 3.71. The molecule has 0 heterocycles. The van der Waals surface area contributed by atoms with Gasteiger partial charge in [0, 0.05) is 16.8 Å². The fourth-order valence-corrected chi connectivity index (χ4v) is 6.62. The molecule has 0 amide bonds. The van der Waals surface area contributed by atoms with Crippen LogP contribution < -0.4 is 0 Å². The predicted octanol–water partition coefficient (Wildman–Crippen LogP) is 6.37. The number of benzene rings is 2. The van der Waals surface area contributed by atoms with E-state index in [2.05, 4.69) is 0 Å². The fourth-order valence-electron chi connectivity index (χ4n) is 3.75. The maximum absolute atomic E-state index is 14.1. The van der Waals surface area contributed by atoms with E-state index in [4.69, 9.17) is 0 Å². The van der Waals surface area contributed by atoms with Crippen LogP contribution in [0.2, 0.25) is 0 Å². The van der Waals surface area contributed by atoms with Crippen LogP contribution in [0.1, 0.15) is 68.8 Å². The molecule has 27 heavy (non-hydrogen) atoms. The molecule has 144 valence electrons. The predicted molar refractivity (Wildman–Crippen MR) is 113 cm³/mol. The van der Waals surface area contributed by atoms with Gasteiger partial charge in [-0.2, -0.15) is 0 Å². The van der Waals surface area contributed by atoms with Crippen molar-refractivity contribution in [2.75, 3.05) is 0 Å². The van der Waals surface area contributed by atoms with Gasteiger partial charge in [-0.05, 0) is 63.3 Å². The summed E-state index contributed by atoms with van der Waals surface area (Å²) in [7, 11) is -3.84. The molecule has 0 saturated carbocycles. The Morgan fingerprint density at radius 3 is 1.67 bits per heavy atom. The van der Waals surface area contributed by atoms with Gasteiger partial charge in [0.2, 0.25) is 18.2 Å². The second-order valence-corrected chi connectivity index (χ2v) is 10.6. The van der Waals surface area contributed by atoms with Gasteiger partial charge in [0.15, 0.2) is 0 Å². The lowest BCUT2D eigenvalue weighted by atomic mass is 10.0. The smallest absolute Gasteiger partial charge is 0.229 e. The first-order valence-electron chi connectivity index (χ1n) is 9.39. The zero-order valence-corrected chi connectivity index (χ0v) is 18.2. The zero-order chi connectivity index (χ0) is 20.5. The Labute approximate surface area is 162 Å². The molecule has 0 N–H and O–H groups in total. The van der Waals surface area contributed by atoms with E-state index in [0.29, 0.717) is 17.5 Å². The van der Waals surface area contributed by atoms with E-state index in [0.717, 1.165) is 27.8 Å². The van der Waals surface area contributed by atoms with Crippen molar-refractivity contribution < 1.29 is 14.2 Å². The van der Waals surface area contributed by atoms with E-state index in [1.165, 1.54) is 0 Å². The standard InChI is InChI=1S/C23H29O3P/c1-8-19(7)27(26,22(24)20-15(3)10-9-11-16(20)4)23(25)21-17(5)12-14(2)13-18(21)6/h9-13,19H,8H2,1-7H3. The summed E-state index contributed by atoms with van der Waals surface area (Å²) in [6.07, 6.45) is 0.504. The Bertz CT molecular complexity index is 913. The first-order valence-corrected chi connectivity index (χ1v) is 11.2. The summed E-state index contributed by atoms with van der Waals surface area (Å²) in [5, 5.41) is 0. The highest BCUT2D eigenvalue weighted by atomic mass is 31.2. The van der Waals surface area contributed by atoms with Crippen molar-refractivity contribution in [3.05, 3.63) is 69.3 Å². The number of rotatable bonds is 6. The van der Waals surface area contributed by atoms with E-state index < -0.39 is 23.8 Å². The number of hydrogen-bond donors (Lipinski definition) is 0. The van der Waals surface area contributed by atoms with E-state index in [1.54, 1.807) is 6.92 Å². The molecule has 0 aliphatic rings. The van der Waals surface area contributed by atoms with E-state index in [9.17, 15) is 14.2 Å². The maximum Gasteiger partial charge on any atom is 0.229 e. The maximum atomic E-state index is 14.1. The summed E-state index contributed by atoms with van der Waals surface area (Å²) in [6.45, 7) is 12.9. The van der Waals surface area contributed by atoms with Gasteiger partial charge in [-0.3, -0.25) is 9.59 Å². The van der Waals surface area contributed by atoms with Gasteiger partial charge in [-0.15, -0.1) is 0 Å². The molecule has 0 aromatic heterocycles. The number of carbonyl (C=O) groups excluding carboxylic acids is 2. The average Bonchev–Trinajstić information content (AvgIpc) is 2.58. The number of aryl methyl sites for hydroxylation is 5. The Hall–Kier alpha value is -1.99. The van der Waals surface area contributed by atoms with Crippen LogP contribution in [0.25, 0.3) is 0 Å². The summed E-state index contributed by atoms with van der Waals surface area (Å²) in [5.41, 5.74) is 3.46. The number of hydrogen-bond acceptors (Lipinski definition) is 3. The van der Waals surface area contributed by atoms with Crippen LogP contribution in [0.15, 0.2) is 30.3 Å². The third-order valence-corrected chi connectivity index (χ3v) is 8.66. The molecule has 0 fully saturated rings. The van der Waals surface area contributed by atoms with Crippen LogP contribution in [0.3, 0.4) is 0 Å². The minimum atomic E-state index is -3.84. The van der Waals surface area contributed by atoms with E-state index in [1.807, 2.05) is 71.9 Å². The SMILES string of the molecule is CCC(C)P(=O)(C(=O)c1c(C)cccc1C)C(=O)c1c(C)cc(C)cc1C. The highest BCUT2D eigenvalue weighted by Crippen LogP contribution is 2.58. The Balaban J connectivity index is 2.74. The van der Waals surface area contributed by atoms with Gasteiger partial charge in [-0.25, -0.2) is 0 Å². The summed E-state index contributed by atoms with van der Waals surface area (Å²) in [5.74, 6) is 0. The fraction of sp³-hybridized carbons (Fsp3) is 0.391. The van der Waals surface area contributed by atoms with Crippen LogP contribution in [0.4, 0.5) is 0 Å². The van der Waals surface area contributed by atoms with Crippen LogP contribution in [0, 0.1) is 34.6 Å². The molecular formula is C23H29O3P. The highest BCUT2D eigenvalue weighted by molar-refractivity contribution is 7.95. The minimum Gasteiger partial charge on any atom is -0.306 e. The lowest BCUT2D eigenvalue weighted by Gasteiger charge is -2.24. The molecule has 2 atom stereocenters. The van der Waals surface area contributed by atoms with Crippen LogP contribution in [0.5, 0.6) is 0 Å². The van der Waals surface area contributed by atoms with Gasteiger partial charge < -0.3 is 4.57 Å². The molecule has 2 unspecified atom stereocenters. The topological polar surface area (TPSA) is 51.2 Å². The van der Waals surface area contributed by atoms with Crippen molar-refractivity contribution in [2.24, 2.45) is 0 Å². The molecule has 2 aromatic carbocycles. The largest absolute Gasteiger partial charge is 0.306 e. The first-order chi connectivity index (χ1) is 12.5. The summed E-state index contributed by atoms with van der Waals surface area (Å²) >= 11 is 0. The molecule has 2 rings (SSSR count). The molecule has 0 spiro atoms. The molecule has 2 aromatic rings. The molecule has 0 aliphatic carbocycles. The van der Waals surface area contributed by atoms with Gasteiger partial charge in [-0.1, -0.05) is 49.7 Å². The monoisotopic (exact) mass is 384 g/mol. The van der Waals surface area contributed by atoms with Crippen molar-refractivity contribution in [3.63, 3.8) is 0 Å². The summed E-state index contributed by atoms with van der Waals surface area (Å²) in [4.78, 5) is 27.1. The Morgan fingerprint density at radius 2 is 1.26 bits per heavy atom. The third-order valence-electron chi connectivity index (χ3n) is 5.40. The van der Waals surface area contributed by atoms with Crippen molar-refractivity contribution in [2.45, 2.75) is 60.5 Å². The second kappa shape index (κ2) is 7.94. The number of carbonyl (C=O) groups is 2. The molecule has 4 heteroatoms. The Morgan fingerprint density at radius 1 is 0.852 bits per heavy atom. The molecular weight excluding hydrogens is 355 g/mol. The van der Waals surface area contributed by atoms with E-state index in [-0.39, 0.29) is 0 Å². The highest BCUT2D eigenvalue weighted by Gasteiger charge is 2.46. The van der Waals surface area contributed by atoms with Crippen LogP contribution in [-0.4, -0.2) is 16.7 Å². The van der Waals surface area contributed by atoms with Gasteiger partial charge in [0.1, 0.15) is 0 Å². The van der Waals surface area contributed by atoms with Crippen molar-refractivity contribution in [1.29, 1.82) is 0 Å². The van der Waals surface area contributed by atoms with Crippen molar-refractivity contribution in [3.8, 4) is 0 Å². The minimum absolute atomic E-state index is 0.428. The lowest BCUT2D eigenvalue weighted by molar-refractivity contribution is 0.103. The quantitative estimate of drug-likeness (QED) is 0.544. The van der Waals surface area contributed by atoms with Gasteiger partial charge in [0.05, 0.1) is 0 Å². The van der Waals surface area contributed by atoms with Crippen LogP contribution in [-0.2, 0) is 4.57 Å². The zero-order valence-electron chi connectivity index (χ0n) is 17.3. The molecule has 0 bridgehead atoms. The van der Waals surface area contributed by atoms with Gasteiger partial charge in [0.25, 0.3) is 0 Å². The van der Waals surface area contributed by atoms with Crippen molar-refractivity contribution >= 4 is 18.2 Å². The molecule has 0 radical (unpaired) electrons. The average molecular weight is 384 g/mol. The lowest BCUT2D eigenvalue weighted by Crippen LogP contribution is -2.21. The van der Waals surface area contributed by atoms with Crippen LogP contribution >= 0.6 is 7.14 Å². The normalized spacial score (nSPS) is 14.5. The summed E-state index contributed by atoms with van der Waals surface area (Å²) < 4.78 is 14.1. The second-order valence-electron chi connectivity index (χ2n) is 7.57. The van der Waals surface area contributed by atoms with Crippen molar-refractivity contribution in [1.82, 2.24) is 0 Å².